The molecular formula is C11H12N2O2. The van der Waals surface area contributed by atoms with Gasteiger partial charge in [-0.1, -0.05) is 0 Å². The molecule has 0 aliphatic heterocycles. The van der Waals surface area contributed by atoms with E-state index < -0.39 is 5.63 Å². The summed E-state index contributed by atoms with van der Waals surface area (Å²) < 4.78 is 5.07. The van der Waals surface area contributed by atoms with Crippen molar-refractivity contribution in [3.63, 3.8) is 0 Å². The van der Waals surface area contributed by atoms with Crippen molar-refractivity contribution in [3.8, 4) is 0 Å². The summed E-state index contributed by atoms with van der Waals surface area (Å²) in [5.74, 6) is 0. The van der Waals surface area contributed by atoms with Crippen molar-refractivity contribution in [2.24, 2.45) is 0 Å². The molecule has 0 radical (unpaired) electrons. The van der Waals surface area contributed by atoms with Crippen molar-refractivity contribution in [2.75, 3.05) is 24.7 Å². The molecule has 0 fully saturated rings. The smallest absolute Gasteiger partial charge is 0.338 e. The second-order valence-corrected chi connectivity index (χ2v) is 3.60. The lowest BCUT2D eigenvalue weighted by Crippen LogP contribution is -2.08. The minimum atomic E-state index is -0.420. The number of anilines is 2. The predicted molar refractivity (Wildman–Crippen MR) is 61.2 cm³/mol. The summed E-state index contributed by atoms with van der Waals surface area (Å²) in [6, 6.07) is 6.87. The highest BCUT2D eigenvalue weighted by molar-refractivity contribution is 5.90. The zero-order valence-corrected chi connectivity index (χ0v) is 8.65. The van der Waals surface area contributed by atoms with E-state index in [0.717, 1.165) is 11.1 Å². The number of nitrogens with zero attached hydrogens (tertiary/aromatic N) is 1. The third-order valence-corrected chi connectivity index (χ3v) is 2.28. The van der Waals surface area contributed by atoms with Crippen LogP contribution in [0.3, 0.4) is 0 Å². The maximum Gasteiger partial charge on any atom is 0.338 e. The van der Waals surface area contributed by atoms with Gasteiger partial charge in [-0.05, 0) is 12.1 Å². The van der Waals surface area contributed by atoms with Crippen LogP contribution in [0, 0.1) is 0 Å². The van der Waals surface area contributed by atoms with Crippen molar-refractivity contribution in [1.82, 2.24) is 0 Å². The number of nitrogen functional groups attached to an aromatic ring is 1. The Labute approximate surface area is 86.9 Å². The molecule has 0 aliphatic carbocycles. The fourth-order valence-electron chi connectivity index (χ4n) is 1.45. The highest BCUT2D eigenvalue weighted by Crippen LogP contribution is 2.23. The normalized spacial score (nSPS) is 10.5. The lowest BCUT2D eigenvalue weighted by atomic mass is 10.2. The van der Waals surface area contributed by atoms with E-state index in [1.807, 2.05) is 31.1 Å². The van der Waals surface area contributed by atoms with Crippen molar-refractivity contribution in [2.45, 2.75) is 0 Å². The Morgan fingerprint density at radius 2 is 2.00 bits per heavy atom. The molecule has 0 unspecified atom stereocenters. The summed E-state index contributed by atoms with van der Waals surface area (Å²) in [4.78, 5) is 13.1. The second kappa shape index (κ2) is 3.31. The van der Waals surface area contributed by atoms with E-state index in [-0.39, 0.29) is 0 Å². The van der Waals surface area contributed by atoms with Gasteiger partial charge < -0.3 is 15.1 Å². The van der Waals surface area contributed by atoms with Gasteiger partial charge in [0.2, 0.25) is 0 Å². The maximum atomic E-state index is 11.1. The van der Waals surface area contributed by atoms with E-state index in [1.54, 1.807) is 6.07 Å². The van der Waals surface area contributed by atoms with Crippen molar-refractivity contribution < 1.29 is 4.42 Å². The van der Waals surface area contributed by atoms with Crippen LogP contribution >= 0.6 is 0 Å². The summed E-state index contributed by atoms with van der Waals surface area (Å²) in [5.41, 5.74) is 7.23. The Kier molecular flexibility index (Phi) is 2.11. The molecule has 2 N–H and O–H groups in total. The van der Waals surface area contributed by atoms with Crippen molar-refractivity contribution in [1.29, 1.82) is 0 Å². The molecule has 4 heteroatoms. The molecule has 0 aliphatic rings. The van der Waals surface area contributed by atoms with Crippen molar-refractivity contribution >= 4 is 22.3 Å². The van der Waals surface area contributed by atoms with E-state index in [2.05, 4.69) is 0 Å². The zero-order chi connectivity index (χ0) is 11.0. The fourth-order valence-corrected chi connectivity index (χ4v) is 1.45. The van der Waals surface area contributed by atoms with Crippen LogP contribution in [0.4, 0.5) is 11.4 Å². The molecule has 2 aromatic rings. The molecule has 4 nitrogen and oxygen atoms in total. The summed E-state index contributed by atoms with van der Waals surface area (Å²) in [6.45, 7) is 0. The maximum absolute atomic E-state index is 11.1. The summed E-state index contributed by atoms with van der Waals surface area (Å²) >= 11 is 0. The monoisotopic (exact) mass is 204 g/mol. The summed E-state index contributed by atoms with van der Waals surface area (Å²) in [5, 5.41) is 0.764. The first kappa shape index (κ1) is 9.58. The molecule has 0 bridgehead atoms. The number of benzene rings is 1. The number of fused-ring (bicyclic) bond motifs is 1. The van der Waals surface area contributed by atoms with E-state index in [9.17, 15) is 4.79 Å². The molecule has 1 heterocycles. The quantitative estimate of drug-likeness (QED) is 0.714. The first-order valence-electron chi connectivity index (χ1n) is 4.58. The average molecular weight is 204 g/mol. The molecule has 0 atom stereocenters. The largest absolute Gasteiger partial charge is 0.423 e. The van der Waals surface area contributed by atoms with Crippen LogP contribution < -0.4 is 16.3 Å². The van der Waals surface area contributed by atoms with Crippen LogP contribution in [0.25, 0.3) is 11.0 Å². The summed E-state index contributed by atoms with van der Waals surface area (Å²) in [6.07, 6.45) is 0. The minimum absolute atomic E-state index is 0.420. The molecule has 0 spiro atoms. The summed E-state index contributed by atoms with van der Waals surface area (Å²) in [7, 11) is 3.84. The number of rotatable bonds is 1. The van der Waals surface area contributed by atoms with E-state index >= 15 is 0 Å². The molecule has 0 saturated heterocycles. The molecule has 78 valence electrons. The van der Waals surface area contributed by atoms with Gasteiger partial charge in [0.25, 0.3) is 0 Å². The van der Waals surface area contributed by atoms with Gasteiger partial charge >= 0.3 is 5.63 Å². The molecular weight excluding hydrogens is 192 g/mol. The van der Waals surface area contributed by atoms with Gasteiger partial charge in [-0.25, -0.2) is 4.79 Å². The second-order valence-electron chi connectivity index (χ2n) is 3.60. The van der Waals surface area contributed by atoms with Gasteiger partial charge in [0.15, 0.2) is 0 Å². The Hall–Kier alpha value is -1.97. The lowest BCUT2D eigenvalue weighted by Gasteiger charge is -2.12. The van der Waals surface area contributed by atoms with E-state index in [4.69, 9.17) is 10.2 Å². The topological polar surface area (TPSA) is 59.5 Å². The predicted octanol–water partition coefficient (Wildman–Crippen LogP) is 1.44. The third-order valence-electron chi connectivity index (χ3n) is 2.28. The number of hydrogen-bond donors (Lipinski definition) is 1. The minimum Gasteiger partial charge on any atom is -0.423 e. The van der Waals surface area contributed by atoms with Gasteiger partial charge in [0.05, 0.1) is 0 Å². The zero-order valence-electron chi connectivity index (χ0n) is 8.65. The standard InChI is InChI=1S/C11H12N2O2/c1-13(2)7-3-4-8-9(12)6-11(14)15-10(8)5-7/h3-6H,12H2,1-2H3. The Bertz CT molecular complexity index is 558. The Morgan fingerprint density at radius 3 is 2.67 bits per heavy atom. The van der Waals surface area contributed by atoms with Crippen molar-refractivity contribution in [3.05, 3.63) is 34.7 Å². The number of hydrogen-bond acceptors (Lipinski definition) is 4. The van der Waals surface area contributed by atoms with Crippen LogP contribution in [0.5, 0.6) is 0 Å². The first-order valence-corrected chi connectivity index (χ1v) is 4.58. The molecule has 1 aromatic heterocycles. The van der Waals surface area contributed by atoms with Gasteiger partial charge in [-0.15, -0.1) is 0 Å². The molecule has 0 amide bonds. The van der Waals surface area contributed by atoms with Gasteiger partial charge in [0, 0.05) is 43.0 Å². The first-order chi connectivity index (χ1) is 7.08. The van der Waals surface area contributed by atoms with E-state index in [0.29, 0.717) is 11.3 Å². The molecule has 15 heavy (non-hydrogen) atoms. The third kappa shape index (κ3) is 1.66. The van der Waals surface area contributed by atoms with Crippen LogP contribution in [-0.2, 0) is 0 Å². The van der Waals surface area contributed by atoms with Crippen LogP contribution in [0.15, 0.2) is 33.5 Å². The average Bonchev–Trinajstić information content (AvgIpc) is 2.16. The lowest BCUT2D eigenvalue weighted by molar-refractivity contribution is 0.562. The Balaban J connectivity index is 2.76. The highest BCUT2D eigenvalue weighted by atomic mass is 16.4. The van der Waals surface area contributed by atoms with E-state index in [1.165, 1.54) is 6.07 Å². The Morgan fingerprint density at radius 1 is 1.27 bits per heavy atom. The van der Waals surface area contributed by atoms with Crippen LogP contribution in [0.1, 0.15) is 0 Å². The number of nitrogens with two attached hydrogens (primary N) is 1. The highest BCUT2D eigenvalue weighted by Gasteiger charge is 2.04. The SMILES string of the molecule is CN(C)c1ccc2c(N)cc(=O)oc2c1. The molecule has 0 saturated carbocycles. The molecule has 2 rings (SSSR count). The fraction of sp³-hybridized carbons (Fsp3) is 0.182. The van der Waals surface area contributed by atoms with Gasteiger partial charge in [-0.3, -0.25) is 0 Å². The molecule has 1 aromatic carbocycles. The van der Waals surface area contributed by atoms with Gasteiger partial charge in [-0.2, -0.15) is 0 Å². The van der Waals surface area contributed by atoms with Crippen LogP contribution in [-0.4, -0.2) is 14.1 Å². The van der Waals surface area contributed by atoms with Gasteiger partial charge in [0.1, 0.15) is 5.58 Å². The van der Waals surface area contributed by atoms with Crippen LogP contribution in [0.2, 0.25) is 0 Å².